The van der Waals surface area contributed by atoms with Crippen LogP contribution in [0.3, 0.4) is 0 Å². The Bertz CT molecular complexity index is 375. The molecule has 0 atom stereocenters. The van der Waals surface area contributed by atoms with Crippen LogP contribution in [0.4, 0.5) is 0 Å². The molecule has 1 rings (SSSR count). The number of furan rings is 1. The lowest BCUT2D eigenvalue weighted by molar-refractivity contribution is 0.554. The van der Waals surface area contributed by atoms with E-state index >= 15 is 0 Å². The van der Waals surface area contributed by atoms with Gasteiger partial charge in [-0.3, -0.25) is 5.41 Å². The van der Waals surface area contributed by atoms with Gasteiger partial charge < -0.3 is 4.42 Å². The van der Waals surface area contributed by atoms with E-state index in [2.05, 4.69) is 6.58 Å². The molecule has 0 saturated heterocycles. The lowest BCUT2D eigenvalue weighted by Crippen LogP contribution is -1.83. The van der Waals surface area contributed by atoms with E-state index in [4.69, 9.17) is 15.1 Å². The van der Waals surface area contributed by atoms with Crippen molar-refractivity contribution in [2.75, 3.05) is 0 Å². The second-order valence-corrected chi connectivity index (χ2v) is 2.07. The van der Waals surface area contributed by atoms with Crippen molar-refractivity contribution in [3.63, 3.8) is 0 Å². The molecule has 1 aromatic heterocycles. The zero-order chi connectivity index (χ0) is 8.97. The van der Waals surface area contributed by atoms with E-state index in [1.54, 1.807) is 18.2 Å². The highest BCUT2D eigenvalue weighted by Crippen LogP contribution is 2.18. The molecule has 1 aromatic rings. The van der Waals surface area contributed by atoms with Crippen LogP contribution in [0.15, 0.2) is 35.0 Å². The Balaban J connectivity index is 3.03. The van der Waals surface area contributed by atoms with Crippen LogP contribution < -0.4 is 0 Å². The Morgan fingerprint density at radius 1 is 1.67 bits per heavy atom. The molecule has 0 saturated carbocycles. The summed E-state index contributed by atoms with van der Waals surface area (Å²) in [5.74, 6) is 2.48. The molecule has 0 unspecified atom stereocenters. The smallest absolute Gasteiger partial charge is 0.135 e. The van der Waals surface area contributed by atoms with Crippen molar-refractivity contribution in [3.05, 3.63) is 36.3 Å². The van der Waals surface area contributed by atoms with E-state index in [0.717, 1.165) is 0 Å². The Morgan fingerprint density at radius 3 is 2.83 bits per heavy atom. The average molecular weight is 158 g/mol. The molecule has 3 heteroatoms. The fraction of sp³-hybridized carbons (Fsp3) is 0. The van der Waals surface area contributed by atoms with Crippen LogP contribution in [0.2, 0.25) is 0 Å². The summed E-state index contributed by atoms with van der Waals surface area (Å²) in [6.07, 6.45) is 1.49. The first-order valence-corrected chi connectivity index (χ1v) is 3.22. The van der Waals surface area contributed by atoms with Gasteiger partial charge in [0.15, 0.2) is 0 Å². The first kappa shape index (κ1) is 8.06. The SMILES string of the molecule is C=C(C(=C=N)C#N)c1ccco1. The van der Waals surface area contributed by atoms with Crippen molar-refractivity contribution < 1.29 is 4.42 Å². The van der Waals surface area contributed by atoms with Gasteiger partial charge in [-0.1, -0.05) is 6.58 Å². The summed E-state index contributed by atoms with van der Waals surface area (Å²) in [5, 5.41) is 15.3. The minimum absolute atomic E-state index is 0.0879. The molecule has 0 aliphatic carbocycles. The van der Waals surface area contributed by atoms with Gasteiger partial charge >= 0.3 is 0 Å². The summed E-state index contributed by atoms with van der Waals surface area (Å²) in [5.41, 5.74) is 0.474. The Kier molecular flexibility index (Phi) is 2.27. The normalized spacial score (nSPS) is 8.25. The number of rotatable bonds is 2. The molecule has 1 heterocycles. The van der Waals surface area contributed by atoms with Crippen LogP contribution in [-0.4, -0.2) is 5.87 Å². The van der Waals surface area contributed by atoms with Gasteiger partial charge in [0.05, 0.1) is 6.26 Å². The number of nitriles is 1. The van der Waals surface area contributed by atoms with Crippen molar-refractivity contribution in [3.8, 4) is 6.07 Å². The van der Waals surface area contributed by atoms with Gasteiger partial charge in [-0.25, -0.2) is 0 Å². The second-order valence-electron chi connectivity index (χ2n) is 2.07. The van der Waals surface area contributed by atoms with Gasteiger partial charge in [0.25, 0.3) is 0 Å². The third-order valence-electron chi connectivity index (χ3n) is 1.36. The lowest BCUT2D eigenvalue weighted by atomic mass is 10.1. The van der Waals surface area contributed by atoms with E-state index in [0.29, 0.717) is 11.3 Å². The van der Waals surface area contributed by atoms with E-state index in [9.17, 15) is 0 Å². The van der Waals surface area contributed by atoms with Crippen LogP contribution in [0, 0.1) is 16.7 Å². The molecule has 0 radical (unpaired) electrons. The van der Waals surface area contributed by atoms with E-state index in [-0.39, 0.29) is 5.57 Å². The standard InChI is InChI=1S/C9H6N2O/c1-7(8(5-10)6-11)9-3-2-4-12-9/h2-4,10H,1H2. The quantitative estimate of drug-likeness (QED) is 0.406. The van der Waals surface area contributed by atoms with Crippen LogP contribution in [0.5, 0.6) is 0 Å². The lowest BCUT2D eigenvalue weighted by Gasteiger charge is -1.94. The topological polar surface area (TPSA) is 60.8 Å². The zero-order valence-corrected chi connectivity index (χ0v) is 6.29. The molecule has 0 aliphatic heterocycles. The number of hydrogen-bond donors (Lipinski definition) is 1. The predicted octanol–water partition coefficient (Wildman–Crippen LogP) is 1.99. The summed E-state index contributed by atoms with van der Waals surface area (Å²) >= 11 is 0. The second kappa shape index (κ2) is 3.38. The molecular weight excluding hydrogens is 152 g/mol. The van der Waals surface area contributed by atoms with Crippen molar-refractivity contribution in [1.29, 1.82) is 10.7 Å². The predicted molar refractivity (Wildman–Crippen MR) is 44.6 cm³/mol. The highest BCUT2D eigenvalue weighted by Gasteiger charge is 2.06. The summed E-state index contributed by atoms with van der Waals surface area (Å²) in [7, 11) is 0. The molecule has 0 aromatic carbocycles. The van der Waals surface area contributed by atoms with Crippen LogP contribution in [0.25, 0.3) is 5.57 Å². The minimum Gasteiger partial charge on any atom is -0.464 e. The Hall–Kier alpha value is -2.04. The van der Waals surface area contributed by atoms with Gasteiger partial charge in [0.2, 0.25) is 0 Å². The average Bonchev–Trinajstić information content (AvgIpc) is 2.58. The van der Waals surface area contributed by atoms with Crippen molar-refractivity contribution in [2.45, 2.75) is 0 Å². The largest absolute Gasteiger partial charge is 0.464 e. The van der Waals surface area contributed by atoms with Crippen molar-refractivity contribution >= 4 is 11.4 Å². The molecule has 3 nitrogen and oxygen atoms in total. The van der Waals surface area contributed by atoms with Crippen LogP contribution >= 0.6 is 0 Å². The number of nitrogens with zero attached hydrogens (tertiary/aromatic N) is 1. The van der Waals surface area contributed by atoms with Gasteiger partial charge in [-0.2, -0.15) is 5.26 Å². The summed E-state index contributed by atoms with van der Waals surface area (Å²) in [6, 6.07) is 5.17. The van der Waals surface area contributed by atoms with Gasteiger partial charge in [-0.15, -0.1) is 0 Å². The van der Waals surface area contributed by atoms with E-state index in [1.807, 2.05) is 5.87 Å². The molecule has 0 amide bonds. The molecule has 12 heavy (non-hydrogen) atoms. The van der Waals surface area contributed by atoms with Crippen molar-refractivity contribution in [1.82, 2.24) is 0 Å². The fourth-order valence-electron chi connectivity index (χ4n) is 0.744. The van der Waals surface area contributed by atoms with Gasteiger partial charge in [0.1, 0.15) is 17.4 Å². The molecule has 0 aliphatic rings. The number of hydrogen-bond acceptors (Lipinski definition) is 3. The first-order chi connectivity index (χ1) is 5.79. The third kappa shape index (κ3) is 1.34. The summed E-state index contributed by atoms with van der Waals surface area (Å²) in [6.45, 7) is 3.60. The molecule has 0 fully saturated rings. The maximum Gasteiger partial charge on any atom is 0.135 e. The zero-order valence-electron chi connectivity index (χ0n) is 6.29. The van der Waals surface area contributed by atoms with Gasteiger partial charge in [-0.05, 0) is 18.0 Å². The maximum atomic E-state index is 8.52. The van der Waals surface area contributed by atoms with E-state index < -0.39 is 0 Å². The number of allylic oxidation sites excluding steroid dienone is 2. The highest BCUT2D eigenvalue weighted by molar-refractivity contribution is 5.89. The number of nitrogens with one attached hydrogen (secondary N) is 1. The molecule has 0 bridgehead atoms. The molecule has 58 valence electrons. The minimum atomic E-state index is 0.0879. The molecule has 0 spiro atoms. The Morgan fingerprint density at radius 2 is 2.42 bits per heavy atom. The summed E-state index contributed by atoms with van der Waals surface area (Å²) in [4.78, 5) is 0. The monoisotopic (exact) mass is 158 g/mol. The highest BCUT2D eigenvalue weighted by atomic mass is 16.3. The first-order valence-electron chi connectivity index (χ1n) is 3.22. The van der Waals surface area contributed by atoms with E-state index in [1.165, 1.54) is 6.26 Å². The molecular formula is C9H6N2O. The third-order valence-corrected chi connectivity index (χ3v) is 1.36. The van der Waals surface area contributed by atoms with Crippen LogP contribution in [0.1, 0.15) is 5.76 Å². The van der Waals surface area contributed by atoms with Crippen LogP contribution in [-0.2, 0) is 0 Å². The van der Waals surface area contributed by atoms with Gasteiger partial charge in [0, 0.05) is 5.57 Å². The Labute approximate surface area is 69.7 Å². The molecule has 1 N–H and O–H groups in total. The summed E-state index contributed by atoms with van der Waals surface area (Å²) < 4.78 is 4.99. The van der Waals surface area contributed by atoms with Crippen molar-refractivity contribution in [2.24, 2.45) is 0 Å². The maximum absolute atomic E-state index is 8.52. The fourth-order valence-corrected chi connectivity index (χ4v) is 0.744.